The Bertz CT molecular complexity index is 496. The van der Waals surface area contributed by atoms with Crippen molar-refractivity contribution in [3.05, 3.63) is 42.6 Å². The molecule has 2 nitrogen and oxygen atoms in total. The van der Waals surface area contributed by atoms with Crippen molar-refractivity contribution in [3.8, 4) is 0 Å². The molecule has 0 bridgehead atoms. The molecule has 0 saturated heterocycles. The number of aryl methyl sites for hydroxylation is 1. The summed E-state index contributed by atoms with van der Waals surface area (Å²) in [6, 6.07) is 8.38. The maximum atomic E-state index is 9.01. The number of nitrogens with zero attached hydrogens (tertiary/aromatic N) is 1. The summed E-state index contributed by atoms with van der Waals surface area (Å²) in [6.07, 6.45) is 2.83. The summed E-state index contributed by atoms with van der Waals surface area (Å²) in [5.74, 6) is 0. The minimum absolute atomic E-state index is 0.0321. The first-order valence-corrected chi connectivity index (χ1v) is 5.57. The van der Waals surface area contributed by atoms with Gasteiger partial charge in [0, 0.05) is 24.1 Å². The lowest BCUT2D eigenvalue weighted by Crippen LogP contribution is -2.16. The average Bonchev–Trinajstić information content (AvgIpc) is 2.58. The van der Waals surface area contributed by atoms with E-state index in [4.69, 9.17) is 5.11 Å². The standard InChI is InChI=1S/C14H18NO/c1-14(2,8-9-16)12-10-15(3)13-7-5-4-6-11(12)13/h4-7,9-10,16H,8H2,1-3H3. The van der Waals surface area contributed by atoms with Gasteiger partial charge in [0.05, 0.1) is 6.61 Å². The summed E-state index contributed by atoms with van der Waals surface area (Å²) in [6.45, 7) is 5.56. The first-order valence-electron chi connectivity index (χ1n) is 5.57. The number of rotatable bonds is 3. The Morgan fingerprint density at radius 1 is 1.31 bits per heavy atom. The van der Waals surface area contributed by atoms with E-state index in [1.807, 2.05) is 0 Å². The zero-order valence-electron chi connectivity index (χ0n) is 10.1. The first-order chi connectivity index (χ1) is 7.56. The molecule has 0 amide bonds. The lowest BCUT2D eigenvalue weighted by molar-refractivity contribution is 0.332. The van der Waals surface area contributed by atoms with E-state index in [0.29, 0.717) is 6.42 Å². The molecule has 0 atom stereocenters. The van der Waals surface area contributed by atoms with Gasteiger partial charge in [0.1, 0.15) is 0 Å². The van der Waals surface area contributed by atoms with Crippen LogP contribution < -0.4 is 0 Å². The number of para-hydroxylation sites is 1. The summed E-state index contributed by atoms with van der Waals surface area (Å²) in [5, 5.41) is 10.3. The second-order valence-corrected chi connectivity index (χ2v) is 4.94. The van der Waals surface area contributed by atoms with E-state index < -0.39 is 0 Å². The van der Waals surface area contributed by atoms with E-state index >= 15 is 0 Å². The molecule has 1 radical (unpaired) electrons. The van der Waals surface area contributed by atoms with Crippen LogP contribution in [0.4, 0.5) is 0 Å². The van der Waals surface area contributed by atoms with Crippen molar-refractivity contribution in [2.45, 2.75) is 25.7 Å². The van der Waals surface area contributed by atoms with Crippen molar-refractivity contribution >= 4 is 10.9 Å². The number of benzene rings is 1. The molecule has 2 heteroatoms. The van der Waals surface area contributed by atoms with Crippen LogP contribution in [0.5, 0.6) is 0 Å². The molecule has 0 unspecified atom stereocenters. The van der Waals surface area contributed by atoms with Crippen molar-refractivity contribution in [3.63, 3.8) is 0 Å². The SMILES string of the molecule is Cn1cc(C(C)(C)C[CH]O)c2ccccc21. The van der Waals surface area contributed by atoms with E-state index in [2.05, 4.69) is 55.9 Å². The summed E-state index contributed by atoms with van der Waals surface area (Å²) in [7, 11) is 2.06. The summed E-state index contributed by atoms with van der Waals surface area (Å²) < 4.78 is 2.14. The fourth-order valence-electron chi connectivity index (χ4n) is 2.22. The Kier molecular flexibility index (Phi) is 2.76. The molecular formula is C14H18NO. The van der Waals surface area contributed by atoms with Crippen LogP contribution in [0.3, 0.4) is 0 Å². The van der Waals surface area contributed by atoms with Crippen LogP contribution >= 0.6 is 0 Å². The van der Waals surface area contributed by atoms with E-state index in [1.165, 1.54) is 23.1 Å². The summed E-state index contributed by atoms with van der Waals surface area (Å²) in [5.41, 5.74) is 2.50. The van der Waals surface area contributed by atoms with Crippen molar-refractivity contribution in [1.82, 2.24) is 4.57 Å². The van der Waals surface area contributed by atoms with E-state index in [0.717, 1.165) is 0 Å². The predicted octanol–water partition coefficient (Wildman–Crippen LogP) is 3.38. The average molecular weight is 216 g/mol. The van der Waals surface area contributed by atoms with Gasteiger partial charge in [0.2, 0.25) is 0 Å². The van der Waals surface area contributed by atoms with Gasteiger partial charge in [-0.2, -0.15) is 0 Å². The third-order valence-electron chi connectivity index (χ3n) is 3.23. The lowest BCUT2D eigenvalue weighted by atomic mass is 9.82. The molecule has 1 aromatic carbocycles. The molecule has 0 aliphatic carbocycles. The zero-order valence-corrected chi connectivity index (χ0v) is 10.1. The largest absolute Gasteiger partial charge is 0.390 e. The highest BCUT2D eigenvalue weighted by Crippen LogP contribution is 2.34. The fourth-order valence-corrected chi connectivity index (χ4v) is 2.22. The fraction of sp³-hybridized carbons (Fsp3) is 0.357. The second kappa shape index (κ2) is 3.95. The van der Waals surface area contributed by atoms with Crippen LogP contribution in [0.2, 0.25) is 0 Å². The van der Waals surface area contributed by atoms with Crippen LogP contribution in [-0.4, -0.2) is 9.67 Å². The lowest BCUT2D eigenvalue weighted by Gasteiger charge is -2.22. The second-order valence-electron chi connectivity index (χ2n) is 4.94. The van der Waals surface area contributed by atoms with Crippen LogP contribution in [0.1, 0.15) is 25.8 Å². The van der Waals surface area contributed by atoms with Gasteiger partial charge in [-0.1, -0.05) is 32.0 Å². The minimum atomic E-state index is -0.0321. The molecule has 2 rings (SSSR count). The van der Waals surface area contributed by atoms with Gasteiger partial charge in [0.15, 0.2) is 0 Å². The molecule has 16 heavy (non-hydrogen) atoms. The molecule has 0 spiro atoms. The number of aliphatic hydroxyl groups excluding tert-OH is 1. The van der Waals surface area contributed by atoms with Gasteiger partial charge in [-0.25, -0.2) is 0 Å². The highest BCUT2D eigenvalue weighted by Gasteiger charge is 2.24. The zero-order chi connectivity index (χ0) is 11.8. The molecule has 1 N–H and O–H groups in total. The quantitative estimate of drug-likeness (QED) is 0.836. The molecule has 0 aliphatic heterocycles. The normalized spacial score (nSPS) is 12.2. The van der Waals surface area contributed by atoms with Crippen molar-refractivity contribution < 1.29 is 5.11 Å². The smallest absolute Gasteiger partial charge is 0.0807 e. The highest BCUT2D eigenvalue weighted by atomic mass is 16.3. The Morgan fingerprint density at radius 3 is 2.69 bits per heavy atom. The molecule has 0 fully saturated rings. The first kappa shape index (κ1) is 11.2. The molecule has 2 aromatic rings. The molecular weight excluding hydrogens is 198 g/mol. The Labute approximate surface area is 96.5 Å². The van der Waals surface area contributed by atoms with Gasteiger partial charge in [0.25, 0.3) is 0 Å². The van der Waals surface area contributed by atoms with E-state index in [1.54, 1.807) is 0 Å². The van der Waals surface area contributed by atoms with E-state index in [9.17, 15) is 0 Å². The Hall–Kier alpha value is -1.28. The Balaban J connectivity index is 2.61. The van der Waals surface area contributed by atoms with Gasteiger partial charge in [-0.05, 0) is 23.5 Å². The summed E-state index contributed by atoms with van der Waals surface area (Å²) >= 11 is 0. The number of fused-ring (bicyclic) bond motifs is 1. The highest BCUT2D eigenvalue weighted by molar-refractivity contribution is 5.84. The van der Waals surface area contributed by atoms with Crippen molar-refractivity contribution in [2.24, 2.45) is 7.05 Å². The third-order valence-corrected chi connectivity index (χ3v) is 3.23. The van der Waals surface area contributed by atoms with Crippen molar-refractivity contribution in [2.75, 3.05) is 0 Å². The van der Waals surface area contributed by atoms with Gasteiger partial charge >= 0.3 is 0 Å². The molecule has 0 aliphatic rings. The molecule has 85 valence electrons. The van der Waals surface area contributed by atoms with Gasteiger partial charge in [-0.15, -0.1) is 0 Å². The Morgan fingerprint density at radius 2 is 2.00 bits per heavy atom. The molecule has 1 aromatic heterocycles. The third kappa shape index (κ3) is 1.74. The number of aliphatic hydroxyl groups is 1. The molecule has 0 saturated carbocycles. The van der Waals surface area contributed by atoms with Crippen LogP contribution in [0.25, 0.3) is 10.9 Å². The van der Waals surface area contributed by atoms with Crippen molar-refractivity contribution in [1.29, 1.82) is 0 Å². The monoisotopic (exact) mass is 216 g/mol. The topological polar surface area (TPSA) is 25.2 Å². The maximum absolute atomic E-state index is 9.01. The van der Waals surface area contributed by atoms with Crippen LogP contribution in [-0.2, 0) is 12.5 Å². The number of hydrogen-bond donors (Lipinski definition) is 1. The number of aromatic nitrogens is 1. The van der Waals surface area contributed by atoms with E-state index in [-0.39, 0.29) is 5.41 Å². The maximum Gasteiger partial charge on any atom is 0.0807 e. The number of hydrogen-bond acceptors (Lipinski definition) is 1. The van der Waals surface area contributed by atoms with Crippen LogP contribution in [0, 0.1) is 6.61 Å². The minimum Gasteiger partial charge on any atom is -0.390 e. The van der Waals surface area contributed by atoms with Crippen LogP contribution in [0.15, 0.2) is 30.5 Å². The van der Waals surface area contributed by atoms with Gasteiger partial charge in [-0.3, -0.25) is 0 Å². The predicted molar refractivity (Wildman–Crippen MR) is 66.8 cm³/mol. The summed E-state index contributed by atoms with van der Waals surface area (Å²) in [4.78, 5) is 0. The molecule has 1 heterocycles. The van der Waals surface area contributed by atoms with Gasteiger partial charge < -0.3 is 9.67 Å².